The summed E-state index contributed by atoms with van der Waals surface area (Å²) in [6.45, 7) is 1.55. The van der Waals surface area contributed by atoms with Gasteiger partial charge in [-0.15, -0.1) is 23.1 Å². The molecule has 2 aromatic rings. The topological polar surface area (TPSA) is 141 Å². The number of carbonyl (C=O) groups is 4. The van der Waals surface area contributed by atoms with Gasteiger partial charge in [0.15, 0.2) is 0 Å². The van der Waals surface area contributed by atoms with Gasteiger partial charge in [-0.05, 0) is 36.2 Å². The molecule has 0 radical (unpaired) electrons. The first-order valence-corrected chi connectivity index (χ1v) is 16.0. The summed E-state index contributed by atoms with van der Waals surface area (Å²) in [5.41, 5.74) is 3.91. The quantitative estimate of drug-likeness (QED) is 0.144. The monoisotopic (exact) mass is 679 g/mol. The number of halogens is 1. The third kappa shape index (κ3) is 6.57. The van der Waals surface area contributed by atoms with Crippen LogP contribution in [-0.2, 0) is 25.5 Å². The van der Waals surface area contributed by atoms with E-state index in [1.807, 2.05) is 80.2 Å². The Labute approximate surface area is 278 Å². The number of aromatic nitrogens is 1. The van der Waals surface area contributed by atoms with Crippen LogP contribution in [0.4, 0.5) is 10.5 Å². The van der Waals surface area contributed by atoms with Gasteiger partial charge in [-0.3, -0.25) is 19.8 Å². The number of carboxylic acid groups (broad SMARTS) is 1. The van der Waals surface area contributed by atoms with Gasteiger partial charge in [0.25, 0.3) is 5.91 Å². The smallest absolute Gasteiger partial charge is 0.411 e. The number of rotatable bonds is 7. The molecule has 0 unspecified atom stereocenters. The lowest BCUT2D eigenvalue weighted by Gasteiger charge is -2.49. The number of carbonyl (C=O) groups excluding carboxylic acids is 3. The maximum absolute atomic E-state index is 13.0. The Morgan fingerprint density at radius 2 is 1.87 bits per heavy atom. The summed E-state index contributed by atoms with van der Waals surface area (Å²) >= 11 is 2.88. The largest absolute Gasteiger partial charge is 1.00 e. The number of thioether (sulfide) groups is 1. The van der Waals surface area contributed by atoms with E-state index in [2.05, 4.69) is 16.7 Å². The number of nitrogens with one attached hydrogen (secondary N) is 2. The molecule has 3 amide bonds. The Balaban J connectivity index is 0.00000417. The molecule has 3 N–H and O–H groups in total. The van der Waals surface area contributed by atoms with E-state index in [9.17, 15) is 24.3 Å². The molecule has 2 aromatic carbocycles. The van der Waals surface area contributed by atoms with Gasteiger partial charge in [0.2, 0.25) is 11.3 Å². The van der Waals surface area contributed by atoms with Crippen molar-refractivity contribution in [2.75, 3.05) is 31.8 Å². The van der Waals surface area contributed by atoms with E-state index in [-0.39, 0.29) is 42.8 Å². The zero-order valence-corrected chi connectivity index (χ0v) is 27.5. The van der Waals surface area contributed by atoms with Gasteiger partial charge in [-0.2, -0.15) is 0 Å². The lowest BCUT2D eigenvalue weighted by atomic mass is 10.0. The lowest BCUT2D eigenvalue weighted by Crippen LogP contribution is -3.00. The summed E-state index contributed by atoms with van der Waals surface area (Å²) in [6, 6.07) is 18.1. The molecule has 0 bridgehead atoms. The number of benzene rings is 3. The number of ether oxygens (including phenoxy) is 1. The molecule has 1 aliphatic carbocycles. The second-order valence-electron chi connectivity index (χ2n) is 11.0. The summed E-state index contributed by atoms with van der Waals surface area (Å²) in [7, 11) is 3.95. The zero-order chi connectivity index (χ0) is 31.8. The SMILES string of the molecule is Cc1cc2nc3ccc(=[N+](C)C)cc-3sc2cc1NC(=O)OCC1=C(C(=O)O)N2C(=O)[C@@H](NC(=O)Cc3ccccc3)[C@H]2SC1.[Cl-]. The minimum Gasteiger partial charge on any atom is -1.00 e. The van der Waals surface area contributed by atoms with Crippen LogP contribution < -0.4 is 33.0 Å². The van der Waals surface area contributed by atoms with Gasteiger partial charge in [0, 0.05) is 29.1 Å². The number of nitrogens with zero attached hydrogens (tertiary/aromatic N) is 3. The fourth-order valence-electron chi connectivity index (χ4n) is 5.28. The minimum absolute atomic E-state index is 0. The van der Waals surface area contributed by atoms with Crippen LogP contribution in [-0.4, -0.2) is 76.7 Å². The van der Waals surface area contributed by atoms with E-state index in [1.165, 1.54) is 11.8 Å². The number of hydrogen-bond acceptors (Lipinski definition) is 8. The molecule has 1 saturated heterocycles. The molecule has 4 aliphatic rings. The number of carboxylic acids is 1. The van der Waals surface area contributed by atoms with Gasteiger partial charge in [-0.25, -0.2) is 19.1 Å². The number of anilines is 1. The van der Waals surface area contributed by atoms with Crippen molar-refractivity contribution in [3.05, 3.63) is 88.4 Å². The normalized spacial score (nSPS) is 17.1. The van der Waals surface area contributed by atoms with Gasteiger partial charge in [0.05, 0.1) is 27.2 Å². The molecule has 0 spiro atoms. The summed E-state index contributed by atoms with van der Waals surface area (Å²) in [5, 5.41) is 16.0. The maximum Gasteiger partial charge on any atom is 0.411 e. The summed E-state index contributed by atoms with van der Waals surface area (Å²) in [4.78, 5) is 57.5. The van der Waals surface area contributed by atoms with Crippen molar-refractivity contribution in [3.8, 4) is 10.6 Å². The van der Waals surface area contributed by atoms with Crippen molar-refractivity contribution >= 4 is 62.9 Å². The van der Waals surface area contributed by atoms with E-state index >= 15 is 0 Å². The van der Waals surface area contributed by atoms with Crippen LogP contribution in [0.25, 0.3) is 20.8 Å². The van der Waals surface area contributed by atoms with Crippen LogP contribution >= 0.6 is 23.1 Å². The second-order valence-corrected chi connectivity index (χ2v) is 13.2. The average molecular weight is 680 g/mol. The molecular weight excluding hydrogens is 650 g/mol. The van der Waals surface area contributed by atoms with Crippen LogP contribution in [0.5, 0.6) is 0 Å². The number of amides is 3. The van der Waals surface area contributed by atoms with Gasteiger partial charge < -0.3 is 27.6 Å². The number of fused-ring (bicyclic) bond motifs is 3. The first kappa shape index (κ1) is 32.9. The van der Waals surface area contributed by atoms with E-state index < -0.39 is 29.4 Å². The Morgan fingerprint density at radius 1 is 1.11 bits per heavy atom. The van der Waals surface area contributed by atoms with Gasteiger partial charge in [-0.1, -0.05) is 30.3 Å². The number of aryl methyl sites for hydroxylation is 1. The summed E-state index contributed by atoms with van der Waals surface area (Å²) in [5.74, 6) is -1.91. The molecule has 0 aromatic heterocycles. The number of β-lactam (4-membered cyclic amide) rings is 1. The Morgan fingerprint density at radius 3 is 2.59 bits per heavy atom. The lowest BCUT2D eigenvalue weighted by molar-refractivity contribution is -0.150. The van der Waals surface area contributed by atoms with Gasteiger partial charge in [0.1, 0.15) is 37.8 Å². The predicted octanol–water partition coefficient (Wildman–Crippen LogP) is 0.275. The van der Waals surface area contributed by atoms with Crippen LogP contribution in [0.15, 0.2) is 71.9 Å². The number of aliphatic carboxylic acids is 1. The molecule has 238 valence electrons. The molecule has 3 aliphatic heterocycles. The molecule has 11 nitrogen and oxygen atoms in total. The van der Waals surface area contributed by atoms with Crippen molar-refractivity contribution in [2.45, 2.75) is 24.8 Å². The van der Waals surface area contributed by atoms with Crippen LogP contribution in [0.3, 0.4) is 0 Å². The van der Waals surface area contributed by atoms with E-state index in [1.54, 1.807) is 11.3 Å². The Hall–Kier alpha value is -4.46. The van der Waals surface area contributed by atoms with Crippen LogP contribution in [0.1, 0.15) is 11.1 Å². The zero-order valence-electron chi connectivity index (χ0n) is 25.1. The second kappa shape index (κ2) is 13.5. The van der Waals surface area contributed by atoms with Crippen molar-refractivity contribution in [1.29, 1.82) is 0 Å². The molecule has 14 heteroatoms. The highest BCUT2D eigenvalue weighted by Crippen LogP contribution is 2.40. The first-order valence-electron chi connectivity index (χ1n) is 14.1. The van der Waals surface area contributed by atoms with Crippen molar-refractivity contribution in [1.82, 2.24) is 19.8 Å². The third-order valence-corrected chi connectivity index (χ3v) is 10.0. The Bertz CT molecular complexity index is 1940. The molecular formula is C32H30ClN5O6S2. The highest BCUT2D eigenvalue weighted by molar-refractivity contribution is 8.00. The third-order valence-electron chi connectivity index (χ3n) is 7.61. The van der Waals surface area contributed by atoms with Crippen molar-refractivity contribution in [2.24, 2.45) is 0 Å². The van der Waals surface area contributed by atoms with E-state index in [0.29, 0.717) is 11.3 Å². The highest BCUT2D eigenvalue weighted by atomic mass is 35.5. The standard InChI is InChI=1S/C32H29N5O6S2.ClH/c1-17-11-23-25(45-24-13-20(36(2)3)9-10-21(24)33-23)14-22(17)34-32(42)43-15-19-16-44-30-27(29(39)37(30)28(19)31(40)41)35-26(38)12-18-7-5-4-6-8-18;/h4-11,13-14,27,30H,12,15-16H2,1-3H3,(H2,35,38,40,41);1H/t27-,30-;/m1./s1. The van der Waals surface area contributed by atoms with E-state index in [0.717, 1.165) is 42.2 Å². The molecule has 0 saturated carbocycles. The maximum atomic E-state index is 13.0. The Kier molecular flexibility index (Phi) is 9.66. The molecule has 3 heterocycles. The molecule has 46 heavy (non-hydrogen) atoms. The molecule has 2 atom stereocenters. The van der Waals surface area contributed by atoms with Crippen LogP contribution in [0.2, 0.25) is 0 Å². The first-order chi connectivity index (χ1) is 21.6. The summed E-state index contributed by atoms with van der Waals surface area (Å²) < 4.78 is 8.34. The van der Waals surface area contributed by atoms with Gasteiger partial charge >= 0.3 is 12.1 Å². The molecule has 1 fully saturated rings. The fourth-order valence-corrected chi connectivity index (χ4v) is 7.63. The van der Waals surface area contributed by atoms with Crippen molar-refractivity contribution < 1.29 is 41.4 Å². The molecule has 6 rings (SSSR count). The van der Waals surface area contributed by atoms with Crippen molar-refractivity contribution in [3.63, 3.8) is 0 Å². The van der Waals surface area contributed by atoms with E-state index in [4.69, 9.17) is 9.72 Å². The fraction of sp³-hybridized carbons (Fsp3) is 0.250. The predicted molar refractivity (Wildman–Crippen MR) is 173 cm³/mol. The van der Waals surface area contributed by atoms with Crippen LogP contribution in [0, 0.1) is 6.92 Å². The summed E-state index contributed by atoms with van der Waals surface area (Å²) in [6.07, 6.45) is -0.643. The average Bonchev–Trinajstić information content (AvgIpc) is 3.01. The minimum atomic E-state index is -1.30. The highest BCUT2D eigenvalue weighted by Gasteiger charge is 2.54. The number of hydrogen-bond donors (Lipinski definition) is 3.